The number of hydrogen-bond donors (Lipinski definition) is 2. The second kappa shape index (κ2) is 12.7. The third-order valence-corrected chi connectivity index (χ3v) is 9.25. The predicted molar refractivity (Wildman–Crippen MR) is 173 cm³/mol. The van der Waals surface area contributed by atoms with E-state index in [0.29, 0.717) is 29.2 Å². The van der Waals surface area contributed by atoms with E-state index >= 15 is 0 Å². The molecule has 0 radical (unpaired) electrons. The number of rotatable bonds is 9. The number of aromatic nitrogens is 4. The first kappa shape index (κ1) is 32.9. The van der Waals surface area contributed by atoms with E-state index in [9.17, 15) is 21.6 Å². The number of anilines is 6. The predicted octanol–water partition coefficient (Wildman–Crippen LogP) is 5.17. The fourth-order valence-electron chi connectivity index (χ4n) is 5.51. The van der Waals surface area contributed by atoms with Crippen molar-refractivity contribution in [3.05, 3.63) is 54.0 Å². The van der Waals surface area contributed by atoms with Crippen LogP contribution in [0.15, 0.2) is 42.9 Å². The van der Waals surface area contributed by atoms with Gasteiger partial charge in [0.1, 0.15) is 28.3 Å². The van der Waals surface area contributed by atoms with Crippen molar-refractivity contribution in [2.45, 2.75) is 32.0 Å². The van der Waals surface area contributed by atoms with Crippen molar-refractivity contribution in [1.29, 1.82) is 0 Å². The molecule has 0 amide bonds. The standard InChI is InChI=1S/C30H36F3N9O3S/c1-18-15-23(25(45-5)16-24(18)42-13-9-19(10-14-42)40(2)3)38-29-36-17-20(30(31,32)33)28(39-29)37-22-8-7-21-26(35-12-11-34-21)27(22)41(4)46(6,43)44/h7-8,11-12,15-17,19H,9-10,13-14H2,1-6H3,(H2,36,37,38,39). The summed E-state index contributed by atoms with van der Waals surface area (Å²) in [4.78, 5) is 21.1. The van der Waals surface area contributed by atoms with Crippen molar-refractivity contribution in [1.82, 2.24) is 24.8 Å². The molecule has 0 spiro atoms. The Labute approximate surface area is 265 Å². The van der Waals surface area contributed by atoms with Crippen LogP contribution in [0.25, 0.3) is 11.0 Å². The average molecular weight is 660 g/mol. The van der Waals surface area contributed by atoms with Gasteiger partial charge in [-0.05, 0) is 57.6 Å². The normalized spacial score (nSPS) is 14.5. The van der Waals surface area contributed by atoms with Gasteiger partial charge in [-0.2, -0.15) is 18.2 Å². The summed E-state index contributed by atoms with van der Waals surface area (Å²) in [7, 11) is 3.13. The van der Waals surface area contributed by atoms with Gasteiger partial charge in [-0.15, -0.1) is 0 Å². The molecule has 0 atom stereocenters. The van der Waals surface area contributed by atoms with Gasteiger partial charge in [0.05, 0.1) is 30.3 Å². The summed E-state index contributed by atoms with van der Waals surface area (Å²) in [6, 6.07) is 7.22. The first-order chi connectivity index (χ1) is 21.7. The number of ether oxygens (including phenoxy) is 1. The molecule has 0 unspecified atom stereocenters. The lowest BCUT2D eigenvalue weighted by atomic mass is 10.0. The van der Waals surface area contributed by atoms with Gasteiger partial charge < -0.3 is 25.2 Å². The largest absolute Gasteiger partial charge is 0.494 e. The number of aryl methyl sites for hydroxylation is 1. The van der Waals surface area contributed by atoms with Crippen LogP contribution in [0.3, 0.4) is 0 Å². The van der Waals surface area contributed by atoms with Gasteiger partial charge in [0.15, 0.2) is 0 Å². The van der Waals surface area contributed by atoms with Crippen molar-refractivity contribution in [2.24, 2.45) is 0 Å². The van der Waals surface area contributed by atoms with E-state index in [0.717, 1.165) is 47.7 Å². The summed E-state index contributed by atoms with van der Waals surface area (Å²) in [5, 5.41) is 5.70. The molecule has 246 valence electrons. The molecule has 16 heteroatoms. The van der Waals surface area contributed by atoms with Crippen LogP contribution in [0.5, 0.6) is 5.75 Å². The van der Waals surface area contributed by atoms with Crippen LogP contribution in [0.2, 0.25) is 0 Å². The SMILES string of the molecule is COc1cc(N2CCC(N(C)C)CC2)c(C)cc1Nc1ncc(C(F)(F)F)c(Nc2ccc3nccnc3c2N(C)S(C)(=O)=O)n1. The molecule has 1 aliphatic heterocycles. The van der Waals surface area contributed by atoms with Gasteiger partial charge in [-0.3, -0.25) is 14.3 Å². The molecule has 46 heavy (non-hydrogen) atoms. The van der Waals surface area contributed by atoms with E-state index in [1.807, 2.05) is 19.1 Å². The molecule has 3 heterocycles. The Bertz CT molecular complexity index is 1850. The number of methoxy groups -OCH3 is 1. The molecular weight excluding hydrogens is 623 g/mol. The Morgan fingerprint density at radius 1 is 1.00 bits per heavy atom. The molecule has 0 bridgehead atoms. The average Bonchev–Trinajstić information content (AvgIpc) is 3.00. The smallest absolute Gasteiger partial charge is 0.421 e. The Balaban J connectivity index is 1.51. The summed E-state index contributed by atoms with van der Waals surface area (Å²) in [6.45, 7) is 3.72. The first-order valence-corrected chi connectivity index (χ1v) is 16.3. The van der Waals surface area contributed by atoms with Crippen LogP contribution in [0.4, 0.5) is 47.7 Å². The Kier molecular flexibility index (Phi) is 9.13. The molecule has 0 saturated carbocycles. The van der Waals surface area contributed by atoms with E-state index in [4.69, 9.17) is 4.74 Å². The highest BCUT2D eigenvalue weighted by atomic mass is 32.2. The van der Waals surface area contributed by atoms with Crippen molar-refractivity contribution < 1.29 is 26.3 Å². The number of alkyl halides is 3. The van der Waals surface area contributed by atoms with Crippen LogP contribution >= 0.6 is 0 Å². The van der Waals surface area contributed by atoms with Crippen LogP contribution in [-0.2, 0) is 16.2 Å². The van der Waals surface area contributed by atoms with Gasteiger partial charge in [0.2, 0.25) is 16.0 Å². The fraction of sp³-hybridized carbons (Fsp3) is 0.400. The number of nitrogens with one attached hydrogen (secondary N) is 2. The minimum Gasteiger partial charge on any atom is -0.494 e. The zero-order valence-corrected chi connectivity index (χ0v) is 27.2. The molecule has 2 aromatic carbocycles. The number of sulfonamides is 1. The molecule has 2 aromatic heterocycles. The van der Waals surface area contributed by atoms with Crippen molar-refractivity contribution >= 4 is 55.6 Å². The maximum atomic E-state index is 14.2. The number of halogens is 3. The van der Waals surface area contributed by atoms with E-state index in [2.05, 4.69) is 54.5 Å². The number of benzene rings is 2. The van der Waals surface area contributed by atoms with Crippen LogP contribution in [0.1, 0.15) is 24.0 Å². The van der Waals surface area contributed by atoms with Gasteiger partial charge in [-0.25, -0.2) is 13.4 Å². The summed E-state index contributed by atoms with van der Waals surface area (Å²) in [5.74, 6) is -0.252. The first-order valence-electron chi connectivity index (χ1n) is 14.4. The third-order valence-electron chi connectivity index (χ3n) is 8.07. The lowest BCUT2D eigenvalue weighted by molar-refractivity contribution is -0.137. The van der Waals surface area contributed by atoms with Gasteiger partial charge in [0, 0.05) is 56.5 Å². The minimum absolute atomic E-state index is 0.0110. The lowest BCUT2D eigenvalue weighted by Gasteiger charge is -2.37. The molecule has 1 saturated heterocycles. The lowest BCUT2D eigenvalue weighted by Crippen LogP contribution is -2.42. The molecule has 1 aliphatic rings. The van der Waals surface area contributed by atoms with Crippen molar-refractivity contribution in [3.63, 3.8) is 0 Å². The van der Waals surface area contributed by atoms with E-state index < -0.39 is 27.6 Å². The van der Waals surface area contributed by atoms with Crippen LogP contribution < -0.4 is 24.6 Å². The zero-order valence-electron chi connectivity index (χ0n) is 26.3. The number of fused-ring (bicyclic) bond motifs is 1. The number of piperidine rings is 1. The van der Waals surface area contributed by atoms with Gasteiger partial charge >= 0.3 is 6.18 Å². The number of nitrogens with zero attached hydrogens (tertiary/aromatic N) is 7. The Morgan fingerprint density at radius 2 is 1.70 bits per heavy atom. The highest BCUT2D eigenvalue weighted by Gasteiger charge is 2.36. The molecule has 12 nitrogen and oxygen atoms in total. The van der Waals surface area contributed by atoms with E-state index in [1.165, 1.54) is 38.7 Å². The van der Waals surface area contributed by atoms with E-state index in [-0.39, 0.29) is 22.8 Å². The Morgan fingerprint density at radius 3 is 2.33 bits per heavy atom. The third kappa shape index (κ3) is 6.87. The van der Waals surface area contributed by atoms with Crippen molar-refractivity contribution in [2.75, 3.05) is 67.4 Å². The van der Waals surface area contributed by atoms with Gasteiger partial charge in [-0.1, -0.05) is 0 Å². The highest BCUT2D eigenvalue weighted by Crippen LogP contribution is 2.40. The maximum Gasteiger partial charge on any atom is 0.421 e. The van der Waals surface area contributed by atoms with Gasteiger partial charge in [0.25, 0.3) is 0 Å². The summed E-state index contributed by atoms with van der Waals surface area (Å²) in [5.41, 5.74) is 1.84. The maximum absolute atomic E-state index is 14.2. The second-order valence-electron chi connectivity index (χ2n) is 11.3. The van der Waals surface area contributed by atoms with E-state index in [1.54, 1.807) is 0 Å². The monoisotopic (exact) mass is 659 g/mol. The minimum atomic E-state index is -4.82. The Hall–Kier alpha value is -4.44. The summed E-state index contributed by atoms with van der Waals surface area (Å²) < 4.78 is 74.2. The van der Waals surface area contributed by atoms with Crippen molar-refractivity contribution in [3.8, 4) is 5.75 Å². The molecule has 0 aliphatic carbocycles. The van der Waals surface area contributed by atoms with Crippen LogP contribution in [0, 0.1) is 6.92 Å². The van der Waals surface area contributed by atoms with Crippen LogP contribution in [-0.4, -0.2) is 86.9 Å². The summed E-state index contributed by atoms with van der Waals surface area (Å²) >= 11 is 0. The summed E-state index contributed by atoms with van der Waals surface area (Å²) in [6.07, 6.45) is 1.67. The molecule has 1 fully saturated rings. The quantitative estimate of drug-likeness (QED) is 0.247. The second-order valence-corrected chi connectivity index (χ2v) is 13.4. The molecule has 4 aromatic rings. The molecule has 5 rings (SSSR count). The topological polar surface area (TPSA) is 129 Å². The fourth-order valence-corrected chi connectivity index (χ4v) is 6.02. The zero-order chi connectivity index (χ0) is 33.4. The molecule has 2 N–H and O–H groups in total. The highest BCUT2D eigenvalue weighted by molar-refractivity contribution is 7.92. The molecular formula is C30H36F3N9O3S. The number of hydrogen-bond acceptors (Lipinski definition) is 11.